The van der Waals surface area contributed by atoms with E-state index in [1.165, 1.54) is 6.08 Å². The minimum Gasteiger partial charge on any atom is -0.478 e. The summed E-state index contributed by atoms with van der Waals surface area (Å²) in [7, 11) is 0. The molecule has 0 saturated carbocycles. The lowest BCUT2D eigenvalue weighted by Crippen LogP contribution is -2.10. The van der Waals surface area contributed by atoms with Gasteiger partial charge < -0.3 is 5.11 Å². The van der Waals surface area contributed by atoms with Crippen LogP contribution in [0.15, 0.2) is 28.7 Å². The second-order valence-electron chi connectivity index (χ2n) is 3.39. The Balaban J connectivity index is 3.02. The van der Waals surface area contributed by atoms with Crippen LogP contribution >= 0.6 is 31.9 Å². The van der Waals surface area contributed by atoms with E-state index in [1.807, 2.05) is 0 Å². The molecule has 1 N–H and O–H groups in total. The fraction of sp³-hybridized carbons (Fsp3) is 0.167. The van der Waals surface area contributed by atoms with Crippen molar-refractivity contribution in [3.05, 3.63) is 39.9 Å². The summed E-state index contributed by atoms with van der Waals surface area (Å²) in [5.74, 6) is -1.03. The third kappa shape index (κ3) is 4.09. The van der Waals surface area contributed by atoms with Crippen LogP contribution in [-0.4, -0.2) is 21.7 Å². The van der Waals surface area contributed by atoms with Crippen LogP contribution in [0.2, 0.25) is 0 Å². The molecule has 0 spiro atoms. The van der Waals surface area contributed by atoms with E-state index in [9.17, 15) is 9.59 Å². The van der Waals surface area contributed by atoms with Gasteiger partial charge in [-0.2, -0.15) is 0 Å². The number of benzene rings is 1. The fourth-order valence-corrected chi connectivity index (χ4v) is 2.06. The van der Waals surface area contributed by atoms with E-state index in [4.69, 9.17) is 5.11 Å². The molecule has 90 valence electrons. The third-order valence-corrected chi connectivity index (χ3v) is 3.11. The molecule has 1 unspecified atom stereocenters. The molecule has 1 atom stereocenters. The van der Waals surface area contributed by atoms with Crippen LogP contribution in [-0.2, 0) is 4.79 Å². The van der Waals surface area contributed by atoms with Crippen molar-refractivity contribution in [2.24, 2.45) is 0 Å². The number of ketones is 1. The maximum Gasteiger partial charge on any atom is 0.328 e. The summed E-state index contributed by atoms with van der Waals surface area (Å²) in [6, 6.07) is 5.08. The molecular weight excluding hydrogens is 352 g/mol. The van der Waals surface area contributed by atoms with Gasteiger partial charge in [-0.15, -0.1) is 0 Å². The zero-order chi connectivity index (χ0) is 13.0. The molecule has 3 nitrogen and oxygen atoms in total. The SMILES string of the molecule is CC(Br)C(=O)c1ccc(/C=C/C(=O)O)cc1Br. The Bertz CT molecular complexity index is 479. The second kappa shape index (κ2) is 6.12. The Hall–Kier alpha value is -0.940. The summed E-state index contributed by atoms with van der Waals surface area (Å²) in [5.41, 5.74) is 1.29. The molecule has 5 heteroatoms. The summed E-state index contributed by atoms with van der Waals surface area (Å²) in [5, 5.41) is 8.50. The Labute approximate surface area is 116 Å². The summed E-state index contributed by atoms with van der Waals surface area (Å²) < 4.78 is 0.654. The quantitative estimate of drug-likeness (QED) is 0.507. The number of carboxylic acids is 1. The Kier molecular flexibility index (Phi) is 5.08. The van der Waals surface area contributed by atoms with Crippen LogP contribution in [0.1, 0.15) is 22.8 Å². The number of alkyl halides is 1. The van der Waals surface area contributed by atoms with Gasteiger partial charge in [0, 0.05) is 16.1 Å². The zero-order valence-electron chi connectivity index (χ0n) is 8.98. The van der Waals surface area contributed by atoms with Crippen molar-refractivity contribution in [3.63, 3.8) is 0 Å². The summed E-state index contributed by atoms with van der Waals surface area (Å²) in [6.45, 7) is 1.76. The summed E-state index contributed by atoms with van der Waals surface area (Å²) in [4.78, 5) is 21.9. The first-order valence-electron chi connectivity index (χ1n) is 4.80. The van der Waals surface area contributed by atoms with Gasteiger partial charge >= 0.3 is 5.97 Å². The van der Waals surface area contributed by atoms with Gasteiger partial charge in [0.1, 0.15) is 0 Å². The van der Waals surface area contributed by atoms with Crippen LogP contribution < -0.4 is 0 Å². The maximum absolute atomic E-state index is 11.8. The van der Waals surface area contributed by atoms with Crippen molar-refractivity contribution in [2.75, 3.05) is 0 Å². The van der Waals surface area contributed by atoms with E-state index in [0.717, 1.165) is 11.6 Å². The van der Waals surface area contributed by atoms with Crippen molar-refractivity contribution in [1.29, 1.82) is 0 Å². The molecule has 0 radical (unpaired) electrons. The van der Waals surface area contributed by atoms with Crippen LogP contribution in [0.25, 0.3) is 6.08 Å². The zero-order valence-corrected chi connectivity index (χ0v) is 12.2. The number of rotatable bonds is 4. The van der Waals surface area contributed by atoms with Crippen LogP contribution in [0.5, 0.6) is 0 Å². The molecular formula is C12H10Br2O3. The largest absolute Gasteiger partial charge is 0.478 e. The van der Waals surface area contributed by atoms with Gasteiger partial charge in [0.25, 0.3) is 0 Å². The summed E-state index contributed by atoms with van der Waals surface area (Å²) >= 11 is 6.52. The molecule has 1 rings (SSSR count). The van der Waals surface area contributed by atoms with Crippen LogP contribution in [0.3, 0.4) is 0 Å². The predicted octanol–water partition coefficient (Wildman–Crippen LogP) is 3.51. The van der Waals surface area contributed by atoms with E-state index in [0.29, 0.717) is 10.0 Å². The van der Waals surface area contributed by atoms with E-state index in [-0.39, 0.29) is 10.6 Å². The minimum atomic E-state index is -1.00. The highest BCUT2D eigenvalue weighted by molar-refractivity contribution is 9.10. The number of halogens is 2. The number of hydrogen-bond donors (Lipinski definition) is 1. The number of aliphatic carboxylic acids is 1. The van der Waals surface area contributed by atoms with Crippen molar-refractivity contribution in [3.8, 4) is 0 Å². The average Bonchev–Trinajstić information content (AvgIpc) is 2.25. The van der Waals surface area contributed by atoms with Crippen molar-refractivity contribution in [1.82, 2.24) is 0 Å². The topological polar surface area (TPSA) is 54.4 Å². The Morgan fingerprint density at radius 2 is 2.06 bits per heavy atom. The highest BCUT2D eigenvalue weighted by Gasteiger charge is 2.14. The Morgan fingerprint density at radius 1 is 1.41 bits per heavy atom. The molecule has 0 aliphatic carbocycles. The second-order valence-corrected chi connectivity index (χ2v) is 5.62. The molecule has 1 aromatic rings. The summed E-state index contributed by atoms with van der Waals surface area (Å²) in [6.07, 6.45) is 2.52. The molecule has 0 amide bonds. The van der Waals surface area contributed by atoms with Gasteiger partial charge in [0.15, 0.2) is 5.78 Å². The van der Waals surface area contributed by atoms with E-state index < -0.39 is 5.97 Å². The van der Waals surface area contributed by atoms with Gasteiger partial charge in [-0.3, -0.25) is 4.79 Å². The normalized spacial score (nSPS) is 12.6. The van der Waals surface area contributed by atoms with Crippen LogP contribution in [0.4, 0.5) is 0 Å². The first kappa shape index (κ1) is 14.1. The van der Waals surface area contributed by atoms with Crippen molar-refractivity contribution in [2.45, 2.75) is 11.8 Å². The molecule has 0 aliphatic rings. The molecule has 1 aromatic carbocycles. The van der Waals surface area contributed by atoms with Gasteiger partial charge in [0.05, 0.1) is 4.83 Å². The van der Waals surface area contributed by atoms with Gasteiger partial charge in [0.2, 0.25) is 0 Å². The lowest BCUT2D eigenvalue weighted by Gasteiger charge is -2.06. The molecule has 0 aliphatic heterocycles. The van der Waals surface area contributed by atoms with Gasteiger partial charge in [-0.25, -0.2) is 4.79 Å². The third-order valence-electron chi connectivity index (χ3n) is 2.04. The first-order valence-corrected chi connectivity index (χ1v) is 6.51. The van der Waals surface area contributed by atoms with E-state index >= 15 is 0 Å². The lowest BCUT2D eigenvalue weighted by atomic mass is 10.1. The highest BCUT2D eigenvalue weighted by Crippen LogP contribution is 2.22. The first-order chi connectivity index (χ1) is 7.91. The fourth-order valence-electron chi connectivity index (χ4n) is 1.22. The van der Waals surface area contributed by atoms with Crippen LogP contribution in [0, 0.1) is 0 Å². The van der Waals surface area contributed by atoms with Gasteiger partial charge in [-0.05, 0) is 30.7 Å². The number of hydrogen-bond acceptors (Lipinski definition) is 2. The standard InChI is InChI=1S/C12H10Br2O3/c1-7(13)12(17)9-4-2-8(6-10(9)14)3-5-11(15)16/h2-7H,1H3,(H,15,16)/b5-3+. The van der Waals surface area contributed by atoms with Gasteiger partial charge in [-0.1, -0.05) is 37.9 Å². The van der Waals surface area contributed by atoms with Crippen molar-refractivity contribution < 1.29 is 14.7 Å². The average molecular weight is 362 g/mol. The molecule has 0 fully saturated rings. The van der Waals surface area contributed by atoms with Crippen molar-refractivity contribution >= 4 is 49.7 Å². The number of carboxylic acid groups (broad SMARTS) is 1. The monoisotopic (exact) mass is 360 g/mol. The smallest absolute Gasteiger partial charge is 0.328 e. The molecule has 0 aromatic heterocycles. The number of Topliss-reactive ketones (excluding diaryl/α,β-unsaturated/α-hetero) is 1. The predicted molar refractivity (Wildman–Crippen MR) is 73.5 cm³/mol. The lowest BCUT2D eigenvalue weighted by molar-refractivity contribution is -0.131. The minimum absolute atomic E-state index is 0.0226. The molecule has 0 heterocycles. The maximum atomic E-state index is 11.8. The van der Waals surface area contributed by atoms with E-state index in [2.05, 4.69) is 31.9 Å². The van der Waals surface area contributed by atoms with E-state index in [1.54, 1.807) is 25.1 Å². The molecule has 0 saturated heterocycles. The number of carbonyl (C=O) groups excluding carboxylic acids is 1. The molecule has 17 heavy (non-hydrogen) atoms. The highest BCUT2D eigenvalue weighted by atomic mass is 79.9. The Morgan fingerprint density at radius 3 is 2.53 bits per heavy atom. The number of carbonyl (C=O) groups is 2. The molecule has 0 bridgehead atoms.